The van der Waals surface area contributed by atoms with E-state index in [0.29, 0.717) is 5.02 Å². The van der Waals surface area contributed by atoms with Crippen molar-refractivity contribution >= 4 is 34.0 Å². The van der Waals surface area contributed by atoms with Gasteiger partial charge in [0, 0.05) is 21.2 Å². The summed E-state index contributed by atoms with van der Waals surface area (Å²) in [5.74, 6) is 0.886. The summed E-state index contributed by atoms with van der Waals surface area (Å²) in [6, 6.07) is 28.3. The van der Waals surface area contributed by atoms with E-state index in [9.17, 15) is 0 Å². The zero-order valence-corrected chi connectivity index (χ0v) is 16.4. The zero-order valence-electron chi connectivity index (χ0n) is 14.9. The Kier molecular flexibility index (Phi) is 4.48. The molecule has 138 valence electrons. The lowest BCUT2D eigenvalue weighted by Gasteiger charge is -2.35. The van der Waals surface area contributed by atoms with E-state index in [1.165, 1.54) is 10.8 Å². The first kappa shape index (κ1) is 17.6. The molecule has 0 bridgehead atoms. The number of hydrogen-bond donors (Lipinski definition) is 1. The summed E-state index contributed by atoms with van der Waals surface area (Å²) in [6.07, 6.45) is -0.272. The van der Waals surface area contributed by atoms with Crippen LogP contribution in [0, 0.1) is 0 Å². The van der Waals surface area contributed by atoms with Crippen LogP contribution in [0.2, 0.25) is 10.0 Å². The molecule has 1 heterocycles. The van der Waals surface area contributed by atoms with Crippen molar-refractivity contribution in [3.05, 3.63) is 112 Å². The Labute approximate surface area is 173 Å². The zero-order chi connectivity index (χ0) is 19.1. The molecular formula is C24H17Cl2NO. The second-order valence-corrected chi connectivity index (χ2v) is 7.77. The van der Waals surface area contributed by atoms with Crippen LogP contribution in [0.25, 0.3) is 10.8 Å². The molecule has 2 unspecified atom stereocenters. The minimum atomic E-state index is -0.272. The molecular weight excluding hydrogens is 389 g/mol. The summed E-state index contributed by atoms with van der Waals surface area (Å²) in [4.78, 5) is 0. The van der Waals surface area contributed by atoms with E-state index in [-0.39, 0.29) is 12.3 Å². The van der Waals surface area contributed by atoms with Gasteiger partial charge in [0.25, 0.3) is 0 Å². The number of nitrogens with one attached hydrogen (secondary N) is 1. The van der Waals surface area contributed by atoms with Crippen molar-refractivity contribution in [1.82, 2.24) is 5.32 Å². The number of rotatable bonds is 2. The molecule has 0 saturated heterocycles. The summed E-state index contributed by atoms with van der Waals surface area (Å²) in [5.41, 5.74) is 3.32. The predicted octanol–water partition coefficient (Wildman–Crippen LogP) is 6.92. The summed E-state index contributed by atoms with van der Waals surface area (Å²) in [7, 11) is 0. The first-order chi connectivity index (χ1) is 13.7. The fraction of sp³-hybridized carbons (Fsp3) is 0.0833. The molecule has 5 rings (SSSR count). The van der Waals surface area contributed by atoms with E-state index in [0.717, 1.165) is 27.5 Å². The average Bonchev–Trinajstić information content (AvgIpc) is 2.74. The standard InChI is InChI=1S/C24H17Cl2NO/c25-18-10-5-16(6-11-18)23-22-20-4-2-1-3-15(20)9-14-21(22)28-24(27-23)17-7-12-19(26)13-8-17/h1-14,23-24,27H. The van der Waals surface area contributed by atoms with Gasteiger partial charge >= 0.3 is 0 Å². The highest BCUT2D eigenvalue weighted by Crippen LogP contribution is 2.42. The Morgan fingerprint density at radius 1 is 0.679 bits per heavy atom. The molecule has 4 heteroatoms. The molecule has 4 aromatic rings. The van der Waals surface area contributed by atoms with Crippen molar-refractivity contribution < 1.29 is 4.74 Å². The van der Waals surface area contributed by atoms with Crippen molar-refractivity contribution in [2.45, 2.75) is 12.3 Å². The largest absolute Gasteiger partial charge is 0.471 e. The van der Waals surface area contributed by atoms with Gasteiger partial charge in [-0.2, -0.15) is 0 Å². The molecule has 0 amide bonds. The molecule has 4 aromatic carbocycles. The van der Waals surface area contributed by atoms with Gasteiger partial charge in [0.15, 0.2) is 6.23 Å². The fourth-order valence-corrected chi connectivity index (χ4v) is 4.04. The van der Waals surface area contributed by atoms with E-state index < -0.39 is 0 Å². The van der Waals surface area contributed by atoms with Crippen molar-refractivity contribution in [3.63, 3.8) is 0 Å². The van der Waals surface area contributed by atoms with Gasteiger partial charge in [-0.3, -0.25) is 5.32 Å². The second-order valence-electron chi connectivity index (χ2n) is 6.90. The SMILES string of the molecule is Clc1ccc(C2NC(c3ccc(Cl)cc3)c3c(ccc4ccccc34)O2)cc1. The van der Waals surface area contributed by atoms with Crippen LogP contribution in [-0.2, 0) is 0 Å². The van der Waals surface area contributed by atoms with Gasteiger partial charge in [0.2, 0.25) is 0 Å². The molecule has 28 heavy (non-hydrogen) atoms. The molecule has 1 aliphatic heterocycles. The Balaban J connectivity index is 1.67. The average molecular weight is 406 g/mol. The molecule has 0 radical (unpaired) electrons. The predicted molar refractivity (Wildman–Crippen MR) is 115 cm³/mol. The third-order valence-electron chi connectivity index (χ3n) is 5.16. The van der Waals surface area contributed by atoms with E-state index in [4.69, 9.17) is 27.9 Å². The first-order valence-corrected chi connectivity index (χ1v) is 9.90. The van der Waals surface area contributed by atoms with Crippen LogP contribution in [-0.4, -0.2) is 0 Å². The number of halogens is 2. The van der Waals surface area contributed by atoms with Crippen molar-refractivity contribution in [2.75, 3.05) is 0 Å². The normalized spacial score (nSPS) is 18.5. The Morgan fingerprint density at radius 2 is 1.32 bits per heavy atom. The highest BCUT2D eigenvalue weighted by molar-refractivity contribution is 6.30. The summed E-state index contributed by atoms with van der Waals surface area (Å²) >= 11 is 12.2. The van der Waals surface area contributed by atoms with Crippen LogP contribution in [0.15, 0.2) is 84.9 Å². The topological polar surface area (TPSA) is 21.3 Å². The minimum absolute atomic E-state index is 0.0206. The first-order valence-electron chi connectivity index (χ1n) is 9.14. The third-order valence-corrected chi connectivity index (χ3v) is 5.66. The highest BCUT2D eigenvalue weighted by atomic mass is 35.5. The van der Waals surface area contributed by atoms with Gasteiger partial charge in [-0.05, 0) is 46.7 Å². The van der Waals surface area contributed by atoms with Crippen molar-refractivity contribution in [3.8, 4) is 5.75 Å². The summed E-state index contributed by atoms with van der Waals surface area (Å²) < 4.78 is 6.36. The van der Waals surface area contributed by atoms with Crippen LogP contribution in [0.5, 0.6) is 5.75 Å². The minimum Gasteiger partial charge on any atom is -0.471 e. The van der Waals surface area contributed by atoms with E-state index in [1.54, 1.807) is 0 Å². The Hall–Kier alpha value is -2.52. The summed E-state index contributed by atoms with van der Waals surface area (Å²) in [6.45, 7) is 0. The molecule has 0 spiro atoms. The maximum absolute atomic E-state index is 6.36. The van der Waals surface area contributed by atoms with Crippen LogP contribution in [0.1, 0.15) is 29.0 Å². The molecule has 1 N–H and O–H groups in total. The maximum atomic E-state index is 6.36. The molecule has 0 aromatic heterocycles. The van der Waals surface area contributed by atoms with Gasteiger partial charge in [-0.25, -0.2) is 0 Å². The van der Waals surface area contributed by atoms with Crippen molar-refractivity contribution in [1.29, 1.82) is 0 Å². The number of benzene rings is 4. The number of hydrogen-bond acceptors (Lipinski definition) is 2. The Bertz CT molecular complexity index is 1140. The molecule has 0 fully saturated rings. The van der Waals surface area contributed by atoms with E-state index in [2.05, 4.69) is 53.8 Å². The van der Waals surface area contributed by atoms with Crippen LogP contribution >= 0.6 is 23.2 Å². The molecule has 0 saturated carbocycles. The molecule has 2 atom stereocenters. The van der Waals surface area contributed by atoms with Gasteiger partial charge < -0.3 is 4.74 Å². The lowest BCUT2D eigenvalue weighted by molar-refractivity contribution is 0.134. The van der Waals surface area contributed by atoms with E-state index >= 15 is 0 Å². The van der Waals surface area contributed by atoms with Gasteiger partial charge in [0.05, 0.1) is 6.04 Å². The van der Waals surface area contributed by atoms with Gasteiger partial charge in [0.1, 0.15) is 5.75 Å². The molecule has 0 aliphatic carbocycles. The molecule has 2 nitrogen and oxygen atoms in total. The second kappa shape index (κ2) is 7.14. The van der Waals surface area contributed by atoms with Gasteiger partial charge in [-0.1, -0.05) is 77.8 Å². The van der Waals surface area contributed by atoms with Crippen LogP contribution in [0.4, 0.5) is 0 Å². The smallest absolute Gasteiger partial charge is 0.177 e. The van der Waals surface area contributed by atoms with Crippen LogP contribution in [0.3, 0.4) is 0 Å². The van der Waals surface area contributed by atoms with Crippen LogP contribution < -0.4 is 10.1 Å². The monoisotopic (exact) mass is 405 g/mol. The van der Waals surface area contributed by atoms with Crippen molar-refractivity contribution in [2.24, 2.45) is 0 Å². The number of ether oxygens (including phenoxy) is 1. The van der Waals surface area contributed by atoms with E-state index in [1.807, 2.05) is 36.4 Å². The maximum Gasteiger partial charge on any atom is 0.177 e. The Morgan fingerprint density at radius 3 is 2.04 bits per heavy atom. The summed E-state index contributed by atoms with van der Waals surface area (Å²) in [5, 5.41) is 7.47. The highest BCUT2D eigenvalue weighted by Gasteiger charge is 2.31. The van der Waals surface area contributed by atoms with Gasteiger partial charge in [-0.15, -0.1) is 0 Å². The fourth-order valence-electron chi connectivity index (χ4n) is 3.79. The number of fused-ring (bicyclic) bond motifs is 3. The lowest BCUT2D eigenvalue weighted by atomic mass is 9.91. The quantitative estimate of drug-likeness (QED) is 0.390. The third kappa shape index (κ3) is 3.14. The lowest BCUT2D eigenvalue weighted by Crippen LogP contribution is -2.35. The molecule has 1 aliphatic rings.